The van der Waals surface area contributed by atoms with Crippen LogP contribution in [-0.2, 0) is 0 Å². The van der Waals surface area contributed by atoms with Gasteiger partial charge in [-0.15, -0.1) is 0 Å². The highest BCUT2D eigenvalue weighted by molar-refractivity contribution is 8.14. The van der Waals surface area contributed by atoms with Gasteiger partial charge in [-0.3, -0.25) is 4.99 Å². The predicted octanol–water partition coefficient (Wildman–Crippen LogP) is 2.65. The fourth-order valence-electron chi connectivity index (χ4n) is 2.05. The number of rotatable bonds is 2. The molecular weight excluding hydrogens is 192 g/mol. The molecule has 1 saturated carbocycles. The molecule has 1 atom stereocenters. The van der Waals surface area contributed by atoms with Crippen molar-refractivity contribution in [2.24, 2.45) is 10.9 Å². The van der Waals surface area contributed by atoms with Crippen molar-refractivity contribution in [3.05, 3.63) is 0 Å². The first-order valence-corrected chi connectivity index (χ1v) is 6.71. The van der Waals surface area contributed by atoms with Crippen molar-refractivity contribution >= 4 is 16.9 Å². The molecule has 0 amide bonds. The molecule has 1 fully saturated rings. The Balaban J connectivity index is 1.83. The van der Waals surface area contributed by atoms with Gasteiger partial charge in [0.1, 0.15) is 0 Å². The Hall–Kier alpha value is -0.180. The number of nitrogens with zero attached hydrogens (tertiary/aromatic N) is 1. The standard InChI is InChI=1S/C11H20N2S/c1-8(2)10-7-14-11(13-10)12-9-5-3-4-6-9/h8-10H,3-7H2,1-2H3,(H,12,13)/t10-/m1/s1. The Bertz CT molecular complexity index is 219. The molecule has 0 radical (unpaired) electrons. The van der Waals surface area contributed by atoms with Crippen LogP contribution in [0.2, 0.25) is 0 Å². The highest BCUT2D eigenvalue weighted by Gasteiger charge is 2.23. The quantitative estimate of drug-likeness (QED) is 0.761. The van der Waals surface area contributed by atoms with Crippen molar-refractivity contribution < 1.29 is 0 Å². The summed E-state index contributed by atoms with van der Waals surface area (Å²) in [7, 11) is 0. The summed E-state index contributed by atoms with van der Waals surface area (Å²) in [5.41, 5.74) is 0. The maximum absolute atomic E-state index is 4.72. The van der Waals surface area contributed by atoms with Crippen molar-refractivity contribution in [1.82, 2.24) is 5.32 Å². The Morgan fingerprint density at radius 3 is 2.64 bits per heavy atom. The molecule has 0 unspecified atom stereocenters. The van der Waals surface area contributed by atoms with Crippen LogP contribution in [-0.4, -0.2) is 23.0 Å². The van der Waals surface area contributed by atoms with Crippen LogP contribution in [0, 0.1) is 5.92 Å². The van der Waals surface area contributed by atoms with Crippen LogP contribution < -0.4 is 5.32 Å². The molecule has 0 aromatic carbocycles. The lowest BCUT2D eigenvalue weighted by Gasteiger charge is -2.11. The van der Waals surface area contributed by atoms with Gasteiger partial charge in [-0.2, -0.15) is 0 Å². The Morgan fingerprint density at radius 2 is 2.07 bits per heavy atom. The molecule has 14 heavy (non-hydrogen) atoms. The van der Waals surface area contributed by atoms with Crippen LogP contribution in [0.4, 0.5) is 0 Å². The fraction of sp³-hybridized carbons (Fsp3) is 0.909. The van der Waals surface area contributed by atoms with E-state index in [1.165, 1.54) is 36.6 Å². The SMILES string of the molecule is CC(C)[C@H]1CSC(NC2CCCC2)=N1. The summed E-state index contributed by atoms with van der Waals surface area (Å²) in [4.78, 5) is 4.72. The van der Waals surface area contributed by atoms with Gasteiger partial charge in [0.2, 0.25) is 0 Å². The topological polar surface area (TPSA) is 24.4 Å². The molecule has 1 aliphatic heterocycles. The number of aliphatic imine (C=N–C) groups is 1. The van der Waals surface area contributed by atoms with E-state index in [1.54, 1.807) is 0 Å². The van der Waals surface area contributed by atoms with Gasteiger partial charge >= 0.3 is 0 Å². The van der Waals surface area contributed by atoms with Crippen LogP contribution in [0.3, 0.4) is 0 Å². The van der Waals surface area contributed by atoms with Crippen molar-refractivity contribution in [3.8, 4) is 0 Å². The number of amidine groups is 1. The Labute approximate surface area is 90.9 Å². The first kappa shape index (κ1) is 10.3. The van der Waals surface area contributed by atoms with E-state index in [0.717, 1.165) is 0 Å². The summed E-state index contributed by atoms with van der Waals surface area (Å²) in [6.45, 7) is 4.51. The summed E-state index contributed by atoms with van der Waals surface area (Å²) in [6, 6.07) is 1.26. The van der Waals surface area contributed by atoms with Gasteiger partial charge in [0.15, 0.2) is 5.17 Å². The zero-order chi connectivity index (χ0) is 9.97. The highest BCUT2D eigenvalue weighted by Crippen LogP contribution is 2.24. The van der Waals surface area contributed by atoms with E-state index in [1.807, 2.05) is 11.8 Å². The molecule has 1 heterocycles. The van der Waals surface area contributed by atoms with Gasteiger partial charge in [-0.25, -0.2) is 0 Å². The lowest BCUT2D eigenvalue weighted by Crippen LogP contribution is -2.29. The molecule has 2 nitrogen and oxygen atoms in total. The molecule has 0 spiro atoms. The van der Waals surface area contributed by atoms with Gasteiger partial charge in [0.25, 0.3) is 0 Å². The third-order valence-corrected chi connectivity index (χ3v) is 4.13. The highest BCUT2D eigenvalue weighted by atomic mass is 32.2. The minimum absolute atomic E-state index is 0.545. The third-order valence-electron chi connectivity index (χ3n) is 3.13. The molecule has 2 aliphatic rings. The zero-order valence-corrected chi connectivity index (χ0v) is 9.94. The van der Waals surface area contributed by atoms with E-state index in [-0.39, 0.29) is 0 Å². The average Bonchev–Trinajstić information content (AvgIpc) is 2.75. The van der Waals surface area contributed by atoms with Gasteiger partial charge in [0.05, 0.1) is 6.04 Å². The molecule has 2 rings (SSSR count). The summed E-state index contributed by atoms with van der Waals surface area (Å²) >= 11 is 1.90. The summed E-state index contributed by atoms with van der Waals surface area (Å²) in [6.07, 6.45) is 5.46. The summed E-state index contributed by atoms with van der Waals surface area (Å²) in [5, 5.41) is 4.78. The van der Waals surface area contributed by atoms with Crippen LogP contribution in [0.5, 0.6) is 0 Å². The van der Waals surface area contributed by atoms with E-state index in [2.05, 4.69) is 19.2 Å². The molecule has 1 N–H and O–H groups in total. The van der Waals surface area contributed by atoms with Gasteiger partial charge < -0.3 is 5.32 Å². The lowest BCUT2D eigenvalue weighted by molar-refractivity contribution is 0.540. The molecule has 0 saturated heterocycles. The maximum atomic E-state index is 4.72. The molecule has 0 aromatic heterocycles. The minimum Gasteiger partial charge on any atom is -0.362 e. The third kappa shape index (κ3) is 2.44. The van der Waals surface area contributed by atoms with Crippen molar-refractivity contribution in [3.63, 3.8) is 0 Å². The number of thioether (sulfide) groups is 1. The smallest absolute Gasteiger partial charge is 0.157 e. The second-order valence-corrected chi connectivity index (χ2v) is 5.69. The van der Waals surface area contributed by atoms with Crippen LogP contribution in [0.15, 0.2) is 4.99 Å². The number of hydrogen-bond acceptors (Lipinski definition) is 3. The van der Waals surface area contributed by atoms with Crippen molar-refractivity contribution in [2.75, 3.05) is 5.75 Å². The van der Waals surface area contributed by atoms with E-state index in [9.17, 15) is 0 Å². The second kappa shape index (κ2) is 4.56. The first-order chi connectivity index (χ1) is 6.75. The monoisotopic (exact) mass is 212 g/mol. The molecule has 3 heteroatoms. The lowest BCUT2D eigenvalue weighted by atomic mass is 10.1. The molecular formula is C11H20N2S. The Morgan fingerprint density at radius 1 is 1.36 bits per heavy atom. The van der Waals surface area contributed by atoms with Crippen LogP contribution in [0.25, 0.3) is 0 Å². The molecule has 1 aliphatic carbocycles. The second-order valence-electron chi connectivity index (χ2n) is 4.68. The van der Waals surface area contributed by atoms with Crippen LogP contribution in [0.1, 0.15) is 39.5 Å². The largest absolute Gasteiger partial charge is 0.362 e. The zero-order valence-electron chi connectivity index (χ0n) is 9.12. The van der Waals surface area contributed by atoms with E-state index in [0.29, 0.717) is 18.0 Å². The van der Waals surface area contributed by atoms with Gasteiger partial charge in [-0.1, -0.05) is 38.5 Å². The van der Waals surface area contributed by atoms with Crippen molar-refractivity contribution in [1.29, 1.82) is 0 Å². The normalized spacial score (nSPS) is 28.5. The Kier molecular flexibility index (Phi) is 3.37. The van der Waals surface area contributed by atoms with E-state index in [4.69, 9.17) is 4.99 Å². The van der Waals surface area contributed by atoms with Gasteiger partial charge in [0, 0.05) is 11.8 Å². The number of hydrogen-bond donors (Lipinski definition) is 1. The molecule has 0 bridgehead atoms. The summed E-state index contributed by atoms with van der Waals surface area (Å²) < 4.78 is 0. The molecule has 0 aromatic rings. The van der Waals surface area contributed by atoms with Crippen LogP contribution >= 0.6 is 11.8 Å². The van der Waals surface area contributed by atoms with E-state index >= 15 is 0 Å². The number of nitrogens with one attached hydrogen (secondary N) is 1. The average molecular weight is 212 g/mol. The van der Waals surface area contributed by atoms with E-state index < -0.39 is 0 Å². The fourth-order valence-corrected chi connectivity index (χ4v) is 3.30. The minimum atomic E-state index is 0.545. The van der Waals surface area contributed by atoms with Crippen molar-refractivity contribution in [2.45, 2.75) is 51.6 Å². The first-order valence-electron chi connectivity index (χ1n) is 5.73. The maximum Gasteiger partial charge on any atom is 0.157 e. The van der Waals surface area contributed by atoms with Gasteiger partial charge in [-0.05, 0) is 18.8 Å². The molecule has 80 valence electrons. The predicted molar refractivity (Wildman–Crippen MR) is 63.9 cm³/mol. The summed E-state index contributed by atoms with van der Waals surface area (Å²) in [5.74, 6) is 1.86.